The standard InChI is InChI=1S/C12H15FN2S/c1-8-7-14-12(16-8)15-9(2)10-3-5-11(13)6-4-10/h3-6,8-9H,7H2,1-2H3,(H,14,15). The van der Waals surface area contributed by atoms with Crippen LogP contribution in [0.25, 0.3) is 0 Å². The summed E-state index contributed by atoms with van der Waals surface area (Å²) < 4.78 is 12.8. The summed E-state index contributed by atoms with van der Waals surface area (Å²) in [7, 11) is 0. The van der Waals surface area contributed by atoms with Crippen LogP contribution in [0.4, 0.5) is 4.39 Å². The van der Waals surface area contributed by atoms with Gasteiger partial charge in [-0.15, -0.1) is 0 Å². The molecule has 2 rings (SSSR count). The van der Waals surface area contributed by atoms with Gasteiger partial charge in [0.1, 0.15) is 5.82 Å². The van der Waals surface area contributed by atoms with Gasteiger partial charge in [-0.3, -0.25) is 4.99 Å². The van der Waals surface area contributed by atoms with Crippen LogP contribution in [-0.4, -0.2) is 17.0 Å². The maximum absolute atomic E-state index is 12.8. The van der Waals surface area contributed by atoms with Gasteiger partial charge in [0, 0.05) is 5.25 Å². The molecule has 86 valence electrons. The molecule has 0 saturated carbocycles. The Morgan fingerprint density at radius 1 is 1.44 bits per heavy atom. The molecule has 1 N–H and O–H groups in total. The summed E-state index contributed by atoms with van der Waals surface area (Å²) in [4.78, 5) is 4.39. The van der Waals surface area contributed by atoms with Gasteiger partial charge in [-0.2, -0.15) is 0 Å². The quantitative estimate of drug-likeness (QED) is 0.856. The van der Waals surface area contributed by atoms with Gasteiger partial charge in [-0.05, 0) is 24.6 Å². The van der Waals surface area contributed by atoms with Crippen molar-refractivity contribution < 1.29 is 4.39 Å². The van der Waals surface area contributed by atoms with E-state index >= 15 is 0 Å². The number of rotatable bonds is 2. The van der Waals surface area contributed by atoms with E-state index in [0.717, 1.165) is 17.3 Å². The van der Waals surface area contributed by atoms with Gasteiger partial charge in [0.15, 0.2) is 5.17 Å². The van der Waals surface area contributed by atoms with E-state index < -0.39 is 0 Å². The second-order valence-corrected chi connectivity index (χ2v) is 5.42. The fourth-order valence-corrected chi connectivity index (χ4v) is 2.50. The number of hydrogen-bond donors (Lipinski definition) is 1. The lowest BCUT2D eigenvalue weighted by Gasteiger charge is -2.15. The molecule has 4 heteroatoms. The van der Waals surface area contributed by atoms with Crippen LogP contribution in [0.2, 0.25) is 0 Å². The van der Waals surface area contributed by atoms with E-state index in [-0.39, 0.29) is 11.9 Å². The first-order valence-corrected chi connectivity index (χ1v) is 6.26. The summed E-state index contributed by atoms with van der Waals surface area (Å²) in [5.41, 5.74) is 1.07. The lowest BCUT2D eigenvalue weighted by atomic mass is 10.1. The first-order chi connectivity index (χ1) is 7.65. The van der Waals surface area contributed by atoms with Crippen LogP contribution in [0.5, 0.6) is 0 Å². The minimum atomic E-state index is -0.197. The van der Waals surface area contributed by atoms with E-state index in [4.69, 9.17) is 0 Å². The maximum Gasteiger partial charge on any atom is 0.157 e. The molecule has 1 aromatic rings. The van der Waals surface area contributed by atoms with Crippen LogP contribution in [0, 0.1) is 5.82 Å². The molecule has 0 radical (unpaired) electrons. The van der Waals surface area contributed by atoms with E-state index in [9.17, 15) is 4.39 Å². The third-order valence-electron chi connectivity index (χ3n) is 2.51. The van der Waals surface area contributed by atoms with Crippen LogP contribution < -0.4 is 5.32 Å². The molecule has 0 aliphatic carbocycles. The topological polar surface area (TPSA) is 24.4 Å². The first-order valence-electron chi connectivity index (χ1n) is 5.38. The number of hydrogen-bond acceptors (Lipinski definition) is 3. The fourth-order valence-electron chi connectivity index (χ4n) is 1.58. The molecule has 0 aromatic heterocycles. The van der Waals surface area contributed by atoms with Crippen molar-refractivity contribution in [2.45, 2.75) is 25.1 Å². The van der Waals surface area contributed by atoms with Crippen LogP contribution in [-0.2, 0) is 0 Å². The third-order valence-corrected chi connectivity index (χ3v) is 3.54. The van der Waals surface area contributed by atoms with Gasteiger partial charge in [-0.25, -0.2) is 4.39 Å². The highest BCUT2D eigenvalue weighted by Gasteiger charge is 2.16. The predicted octanol–water partition coefficient (Wildman–Crippen LogP) is 2.97. The molecule has 2 atom stereocenters. The van der Waals surface area contributed by atoms with Crippen molar-refractivity contribution in [3.8, 4) is 0 Å². The average molecular weight is 238 g/mol. The molecule has 2 nitrogen and oxygen atoms in total. The minimum absolute atomic E-state index is 0.164. The number of thioether (sulfide) groups is 1. The van der Waals surface area contributed by atoms with Crippen molar-refractivity contribution in [3.63, 3.8) is 0 Å². The molecule has 0 spiro atoms. The van der Waals surface area contributed by atoms with Crippen molar-refractivity contribution in [1.82, 2.24) is 5.32 Å². The molecule has 1 heterocycles. The Balaban J connectivity index is 1.98. The highest BCUT2D eigenvalue weighted by molar-refractivity contribution is 8.14. The molecule has 0 amide bonds. The molecule has 1 aliphatic heterocycles. The Bertz CT molecular complexity index is 389. The van der Waals surface area contributed by atoms with Crippen LogP contribution in [0.1, 0.15) is 25.5 Å². The Hall–Kier alpha value is -1.03. The molecule has 0 saturated heterocycles. The van der Waals surface area contributed by atoms with Crippen molar-refractivity contribution in [1.29, 1.82) is 0 Å². The summed E-state index contributed by atoms with van der Waals surface area (Å²) in [6, 6.07) is 6.74. The first kappa shape index (κ1) is 11.5. The van der Waals surface area contributed by atoms with Gasteiger partial charge in [0.05, 0.1) is 12.6 Å². The number of nitrogens with zero attached hydrogens (tertiary/aromatic N) is 1. The van der Waals surface area contributed by atoms with E-state index in [2.05, 4.69) is 24.2 Å². The largest absolute Gasteiger partial charge is 0.358 e. The summed E-state index contributed by atoms with van der Waals surface area (Å²) in [5, 5.41) is 4.88. The van der Waals surface area contributed by atoms with Crippen LogP contribution in [0.15, 0.2) is 29.3 Å². The number of benzene rings is 1. The fraction of sp³-hybridized carbons (Fsp3) is 0.417. The summed E-state index contributed by atoms with van der Waals surface area (Å²) in [5.74, 6) is -0.197. The maximum atomic E-state index is 12.8. The Morgan fingerprint density at radius 3 is 2.69 bits per heavy atom. The molecule has 16 heavy (non-hydrogen) atoms. The Kier molecular flexibility index (Phi) is 3.49. The Labute approximate surface area is 99.3 Å². The molecule has 1 aromatic carbocycles. The average Bonchev–Trinajstić information content (AvgIpc) is 2.65. The van der Waals surface area contributed by atoms with Crippen molar-refractivity contribution >= 4 is 16.9 Å². The van der Waals surface area contributed by atoms with Gasteiger partial charge < -0.3 is 5.32 Å². The normalized spacial score (nSPS) is 21.7. The number of nitrogens with one attached hydrogen (secondary N) is 1. The zero-order valence-corrected chi connectivity index (χ0v) is 10.2. The molecule has 2 unspecified atom stereocenters. The second kappa shape index (κ2) is 4.87. The molecule has 0 bridgehead atoms. The lowest BCUT2D eigenvalue weighted by Crippen LogP contribution is -2.23. The minimum Gasteiger partial charge on any atom is -0.358 e. The zero-order valence-electron chi connectivity index (χ0n) is 9.40. The van der Waals surface area contributed by atoms with Crippen LogP contribution >= 0.6 is 11.8 Å². The summed E-state index contributed by atoms with van der Waals surface area (Å²) in [6.07, 6.45) is 0. The lowest BCUT2D eigenvalue weighted by molar-refractivity contribution is 0.624. The highest BCUT2D eigenvalue weighted by Crippen LogP contribution is 2.21. The van der Waals surface area contributed by atoms with Gasteiger partial charge in [-0.1, -0.05) is 30.8 Å². The van der Waals surface area contributed by atoms with Gasteiger partial charge in [0.25, 0.3) is 0 Å². The van der Waals surface area contributed by atoms with Gasteiger partial charge >= 0.3 is 0 Å². The van der Waals surface area contributed by atoms with Crippen molar-refractivity contribution in [2.24, 2.45) is 4.99 Å². The highest BCUT2D eigenvalue weighted by atomic mass is 32.2. The van der Waals surface area contributed by atoms with E-state index in [1.807, 2.05) is 0 Å². The smallest absolute Gasteiger partial charge is 0.157 e. The van der Waals surface area contributed by atoms with E-state index in [1.165, 1.54) is 12.1 Å². The monoisotopic (exact) mass is 238 g/mol. The molecular formula is C12H15FN2S. The predicted molar refractivity (Wildman–Crippen MR) is 67.3 cm³/mol. The summed E-state index contributed by atoms with van der Waals surface area (Å²) >= 11 is 1.76. The number of aliphatic imine (C=N–C) groups is 1. The third kappa shape index (κ3) is 2.76. The van der Waals surface area contributed by atoms with E-state index in [0.29, 0.717) is 5.25 Å². The van der Waals surface area contributed by atoms with Gasteiger partial charge in [0.2, 0.25) is 0 Å². The number of amidine groups is 1. The number of halogens is 1. The summed E-state index contributed by atoms with van der Waals surface area (Å²) in [6.45, 7) is 5.09. The van der Waals surface area contributed by atoms with Crippen molar-refractivity contribution in [2.75, 3.05) is 6.54 Å². The van der Waals surface area contributed by atoms with E-state index in [1.54, 1.807) is 23.9 Å². The second-order valence-electron chi connectivity index (χ2n) is 3.99. The molecule has 1 aliphatic rings. The molecule has 0 fully saturated rings. The SMILES string of the molecule is CC1CN=C(NC(C)c2ccc(F)cc2)S1. The molecular weight excluding hydrogens is 223 g/mol. The zero-order chi connectivity index (χ0) is 11.5. The Morgan fingerprint density at radius 2 is 2.12 bits per heavy atom. The van der Waals surface area contributed by atoms with Crippen LogP contribution in [0.3, 0.4) is 0 Å². The van der Waals surface area contributed by atoms with Crippen molar-refractivity contribution in [3.05, 3.63) is 35.6 Å².